The van der Waals surface area contributed by atoms with Crippen LogP contribution in [0.25, 0.3) is 11.1 Å². The number of hydrogen-bond donors (Lipinski definition) is 1. The fraction of sp³-hybridized carbons (Fsp3) is 0.222. The van der Waals surface area contributed by atoms with E-state index in [1.807, 2.05) is 18.2 Å². The molecule has 1 aromatic heterocycles. The minimum Gasteiger partial charge on any atom is -0.491 e. The summed E-state index contributed by atoms with van der Waals surface area (Å²) >= 11 is 0. The summed E-state index contributed by atoms with van der Waals surface area (Å²) in [7, 11) is 0. The maximum absolute atomic E-state index is 11.9. The monoisotopic (exact) mass is 340 g/mol. The molecule has 1 amide bonds. The molecule has 0 fully saturated rings. The molecular formula is C18H16N2O5. The molecule has 2 aromatic carbocycles. The normalized spacial score (nSPS) is 13.2. The maximum atomic E-state index is 11.9. The number of oxazole rings is 1. The molecule has 1 aliphatic heterocycles. The first-order valence-corrected chi connectivity index (χ1v) is 7.99. The van der Waals surface area contributed by atoms with Gasteiger partial charge in [-0.2, -0.15) is 0 Å². The minimum atomic E-state index is -0.376. The number of aromatic nitrogens is 1. The Labute approximate surface area is 142 Å². The zero-order valence-electron chi connectivity index (χ0n) is 13.4. The summed E-state index contributed by atoms with van der Waals surface area (Å²) in [6.45, 7) is 0.874. The lowest BCUT2D eigenvalue weighted by Crippen LogP contribution is -2.25. The van der Waals surface area contributed by atoms with Crippen LogP contribution in [0.3, 0.4) is 0 Å². The lowest BCUT2D eigenvalue weighted by atomic mass is 10.2. The van der Waals surface area contributed by atoms with E-state index in [0.717, 1.165) is 5.52 Å². The van der Waals surface area contributed by atoms with E-state index in [-0.39, 0.29) is 18.3 Å². The van der Waals surface area contributed by atoms with Crippen molar-refractivity contribution in [1.29, 1.82) is 0 Å². The van der Waals surface area contributed by atoms with Gasteiger partial charge in [0.05, 0.1) is 12.1 Å². The van der Waals surface area contributed by atoms with Crippen LogP contribution < -0.4 is 20.5 Å². The van der Waals surface area contributed by atoms with Gasteiger partial charge in [0.1, 0.15) is 17.2 Å². The van der Waals surface area contributed by atoms with Gasteiger partial charge in [0.2, 0.25) is 0 Å². The molecule has 0 aliphatic carbocycles. The first-order valence-electron chi connectivity index (χ1n) is 7.99. The van der Waals surface area contributed by atoms with Crippen LogP contribution in [0.1, 0.15) is 6.42 Å². The molecule has 128 valence electrons. The van der Waals surface area contributed by atoms with Gasteiger partial charge in [-0.15, -0.1) is 0 Å². The van der Waals surface area contributed by atoms with Crippen LogP contribution in [-0.2, 0) is 11.3 Å². The number of nitrogens with zero attached hydrogens (tertiary/aromatic N) is 1. The highest BCUT2D eigenvalue weighted by atomic mass is 16.5. The molecule has 4 rings (SSSR count). The van der Waals surface area contributed by atoms with Crippen molar-refractivity contribution in [2.75, 3.05) is 18.5 Å². The van der Waals surface area contributed by atoms with E-state index in [0.29, 0.717) is 42.3 Å². The SMILES string of the molecule is O=C1COc2cccc(OCCCn3c(=O)oc4ccccc43)c2N1. The lowest BCUT2D eigenvalue weighted by molar-refractivity contribution is -0.118. The number of aryl methyl sites for hydroxylation is 1. The summed E-state index contributed by atoms with van der Waals surface area (Å²) < 4.78 is 17.9. The van der Waals surface area contributed by atoms with Gasteiger partial charge in [-0.25, -0.2) is 4.79 Å². The minimum absolute atomic E-state index is 0.00688. The van der Waals surface area contributed by atoms with Gasteiger partial charge in [-0.3, -0.25) is 9.36 Å². The largest absolute Gasteiger partial charge is 0.491 e. The van der Waals surface area contributed by atoms with Gasteiger partial charge in [0, 0.05) is 6.54 Å². The Morgan fingerprint density at radius 3 is 2.92 bits per heavy atom. The predicted octanol–water partition coefficient (Wildman–Crippen LogP) is 2.39. The van der Waals surface area contributed by atoms with Crippen molar-refractivity contribution in [3.8, 4) is 11.5 Å². The maximum Gasteiger partial charge on any atom is 0.419 e. The van der Waals surface area contributed by atoms with E-state index >= 15 is 0 Å². The molecule has 3 aromatic rings. The fourth-order valence-electron chi connectivity index (χ4n) is 2.82. The number of para-hydroxylation sites is 3. The van der Waals surface area contributed by atoms with Crippen LogP contribution in [-0.4, -0.2) is 23.7 Å². The Morgan fingerprint density at radius 2 is 2.00 bits per heavy atom. The molecule has 7 nitrogen and oxygen atoms in total. The predicted molar refractivity (Wildman–Crippen MR) is 91.2 cm³/mol. The molecule has 0 saturated carbocycles. The summed E-state index contributed by atoms with van der Waals surface area (Å²) in [5.74, 6) is 0.558. The zero-order chi connectivity index (χ0) is 17.2. The van der Waals surface area contributed by atoms with Crippen LogP contribution in [0, 0.1) is 0 Å². The van der Waals surface area contributed by atoms with Gasteiger partial charge >= 0.3 is 5.76 Å². The average molecular weight is 340 g/mol. The van der Waals surface area contributed by atoms with Crippen molar-refractivity contribution in [2.24, 2.45) is 0 Å². The number of anilines is 1. The second kappa shape index (κ2) is 6.35. The molecule has 0 unspecified atom stereocenters. The summed E-state index contributed by atoms with van der Waals surface area (Å²) in [5, 5.41) is 2.76. The molecular weight excluding hydrogens is 324 g/mol. The third kappa shape index (κ3) is 2.96. The van der Waals surface area contributed by atoms with E-state index in [1.165, 1.54) is 0 Å². The van der Waals surface area contributed by atoms with Crippen LogP contribution in [0.5, 0.6) is 11.5 Å². The lowest BCUT2D eigenvalue weighted by Gasteiger charge is -2.20. The van der Waals surface area contributed by atoms with Crippen LogP contribution in [0.15, 0.2) is 51.7 Å². The number of hydrogen-bond acceptors (Lipinski definition) is 5. The molecule has 7 heteroatoms. The third-order valence-corrected chi connectivity index (χ3v) is 3.97. The fourth-order valence-corrected chi connectivity index (χ4v) is 2.82. The summed E-state index contributed by atoms with van der Waals surface area (Å²) in [6, 6.07) is 12.7. The van der Waals surface area contributed by atoms with Crippen molar-refractivity contribution < 1.29 is 18.7 Å². The zero-order valence-corrected chi connectivity index (χ0v) is 13.4. The highest BCUT2D eigenvalue weighted by Crippen LogP contribution is 2.36. The molecule has 0 bridgehead atoms. The number of fused-ring (bicyclic) bond motifs is 2. The Balaban J connectivity index is 1.43. The molecule has 0 radical (unpaired) electrons. The number of carbonyl (C=O) groups excluding carboxylic acids is 1. The van der Waals surface area contributed by atoms with E-state index < -0.39 is 0 Å². The van der Waals surface area contributed by atoms with E-state index in [4.69, 9.17) is 13.9 Å². The standard InChI is InChI=1S/C18H16N2O5/c21-16-11-24-15-8-3-7-14(17(15)19-16)23-10-4-9-20-12-5-1-2-6-13(12)25-18(20)22/h1-3,5-8H,4,9-11H2,(H,19,21). The Hall–Kier alpha value is -3.22. The molecule has 0 spiro atoms. The molecule has 1 N–H and O–H groups in total. The number of ether oxygens (including phenoxy) is 2. The Morgan fingerprint density at radius 1 is 1.12 bits per heavy atom. The van der Waals surface area contributed by atoms with Gasteiger partial charge in [-0.05, 0) is 30.7 Å². The number of amides is 1. The van der Waals surface area contributed by atoms with E-state index in [2.05, 4.69) is 5.32 Å². The first-order chi connectivity index (χ1) is 12.2. The number of rotatable bonds is 5. The third-order valence-electron chi connectivity index (χ3n) is 3.97. The second-order valence-corrected chi connectivity index (χ2v) is 5.66. The smallest absolute Gasteiger partial charge is 0.419 e. The van der Waals surface area contributed by atoms with Gasteiger partial charge < -0.3 is 19.2 Å². The Bertz CT molecular complexity index is 989. The van der Waals surface area contributed by atoms with Crippen molar-refractivity contribution in [1.82, 2.24) is 4.57 Å². The Kier molecular flexibility index (Phi) is 3.89. The molecule has 2 heterocycles. The van der Waals surface area contributed by atoms with Gasteiger partial charge in [0.25, 0.3) is 5.91 Å². The number of carbonyl (C=O) groups is 1. The number of benzene rings is 2. The summed E-state index contributed by atoms with van der Waals surface area (Å²) in [6.07, 6.45) is 0.613. The quantitative estimate of drug-likeness (QED) is 0.721. The topological polar surface area (TPSA) is 82.7 Å². The van der Waals surface area contributed by atoms with Crippen molar-refractivity contribution in [3.63, 3.8) is 0 Å². The molecule has 1 aliphatic rings. The summed E-state index contributed by atoms with van der Waals surface area (Å²) in [4.78, 5) is 23.4. The van der Waals surface area contributed by atoms with Crippen LogP contribution in [0.4, 0.5) is 5.69 Å². The van der Waals surface area contributed by atoms with E-state index in [9.17, 15) is 9.59 Å². The van der Waals surface area contributed by atoms with Crippen molar-refractivity contribution in [2.45, 2.75) is 13.0 Å². The highest BCUT2D eigenvalue weighted by molar-refractivity contribution is 5.97. The number of nitrogens with one attached hydrogen (secondary N) is 1. The average Bonchev–Trinajstić information content (AvgIpc) is 2.94. The second-order valence-electron chi connectivity index (χ2n) is 5.66. The van der Waals surface area contributed by atoms with Gasteiger partial charge in [0.15, 0.2) is 12.2 Å². The van der Waals surface area contributed by atoms with Gasteiger partial charge in [-0.1, -0.05) is 18.2 Å². The van der Waals surface area contributed by atoms with Crippen molar-refractivity contribution >= 4 is 22.7 Å². The van der Waals surface area contributed by atoms with Crippen molar-refractivity contribution in [3.05, 3.63) is 53.0 Å². The molecule has 0 saturated heterocycles. The van der Waals surface area contributed by atoms with Crippen LogP contribution >= 0.6 is 0 Å². The molecule has 0 atom stereocenters. The van der Waals surface area contributed by atoms with Crippen LogP contribution in [0.2, 0.25) is 0 Å². The van der Waals surface area contributed by atoms with E-state index in [1.54, 1.807) is 28.8 Å². The summed E-state index contributed by atoms with van der Waals surface area (Å²) in [5.41, 5.74) is 1.89. The first kappa shape index (κ1) is 15.3. The highest BCUT2D eigenvalue weighted by Gasteiger charge is 2.19. The molecule has 25 heavy (non-hydrogen) atoms.